The van der Waals surface area contributed by atoms with Gasteiger partial charge in [-0.05, 0) is 69.4 Å². The van der Waals surface area contributed by atoms with Crippen LogP contribution in [0.5, 0.6) is 0 Å². The minimum Gasteiger partial charge on any atom is -0.462 e. The van der Waals surface area contributed by atoms with Crippen molar-refractivity contribution in [1.82, 2.24) is 10.3 Å². The van der Waals surface area contributed by atoms with Crippen molar-refractivity contribution >= 4 is 16.9 Å². The van der Waals surface area contributed by atoms with Crippen LogP contribution in [-0.4, -0.2) is 23.6 Å². The zero-order valence-corrected chi connectivity index (χ0v) is 16.6. The summed E-state index contributed by atoms with van der Waals surface area (Å²) in [6.07, 6.45) is 5.58. The van der Waals surface area contributed by atoms with Crippen LogP contribution in [0, 0.1) is 24.7 Å². The van der Waals surface area contributed by atoms with E-state index < -0.39 is 0 Å². The fourth-order valence-electron chi connectivity index (χ4n) is 5.36. The first-order valence-corrected chi connectivity index (χ1v) is 10.4. The van der Waals surface area contributed by atoms with Crippen molar-refractivity contribution in [3.63, 3.8) is 0 Å². The topological polar surface area (TPSA) is 51.2 Å². The van der Waals surface area contributed by atoms with Crippen LogP contribution in [0.4, 0.5) is 0 Å². The number of aromatic nitrogens is 1. The number of hydrogen-bond donors (Lipinski definition) is 1. The largest absolute Gasteiger partial charge is 0.462 e. The van der Waals surface area contributed by atoms with Gasteiger partial charge in [0, 0.05) is 18.0 Å². The molecule has 2 aromatic rings. The molecule has 4 nitrogen and oxygen atoms in total. The van der Waals surface area contributed by atoms with E-state index in [1.54, 1.807) is 0 Å². The average Bonchev–Trinajstić information content (AvgIpc) is 3.30. The second kappa shape index (κ2) is 7.59. The number of fused-ring (bicyclic) bond motifs is 3. The van der Waals surface area contributed by atoms with Gasteiger partial charge in [-0.2, -0.15) is 0 Å². The van der Waals surface area contributed by atoms with Crippen molar-refractivity contribution in [2.75, 3.05) is 6.61 Å². The van der Waals surface area contributed by atoms with Crippen LogP contribution in [0.2, 0.25) is 0 Å². The van der Waals surface area contributed by atoms with E-state index in [0.29, 0.717) is 24.8 Å². The Morgan fingerprint density at radius 3 is 2.81 bits per heavy atom. The maximum Gasteiger partial charge on any atom is 0.340 e. The molecular formula is C23H30N2O2. The molecule has 0 unspecified atom stereocenters. The van der Waals surface area contributed by atoms with Gasteiger partial charge in [0.2, 0.25) is 0 Å². The molecule has 0 amide bonds. The molecule has 144 valence electrons. The number of carbonyl (C=O) groups excluding carboxylic acids is 1. The number of para-hydroxylation sites is 1. The van der Waals surface area contributed by atoms with Gasteiger partial charge in [0.25, 0.3) is 0 Å². The molecule has 2 bridgehead atoms. The second-order valence-corrected chi connectivity index (χ2v) is 8.30. The van der Waals surface area contributed by atoms with Gasteiger partial charge in [0.15, 0.2) is 0 Å². The van der Waals surface area contributed by atoms with Crippen LogP contribution in [-0.2, 0) is 11.3 Å². The molecule has 2 fully saturated rings. The van der Waals surface area contributed by atoms with Crippen molar-refractivity contribution in [2.24, 2.45) is 17.8 Å². The smallest absolute Gasteiger partial charge is 0.340 e. The molecule has 4 atom stereocenters. The zero-order valence-electron chi connectivity index (χ0n) is 16.6. The van der Waals surface area contributed by atoms with Gasteiger partial charge in [-0.15, -0.1) is 0 Å². The lowest BCUT2D eigenvalue weighted by atomic mass is 9.84. The molecule has 0 radical (unpaired) electrons. The lowest BCUT2D eigenvalue weighted by molar-refractivity contribution is 0.0523. The van der Waals surface area contributed by atoms with E-state index in [4.69, 9.17) is 9.72 Å². The summed E-state index contributed by atoms with van der Waals surface area (Å²) in [5.74, 6) is 2.32. The number of nitrogens with zero attached hydrogens (tertiary/aromatic N) is 1. The molecule has 1 N–H and O–H groups in total. The third-order valence-electron chi connectivity index (χ3n) is 6.73. The average molecular weight is 367 g/mol. The van der Waals surface area contributed by atoms with Crippen molar-refractivity contribution in [3.05, 3.63) is 41.1 Å². The van der Waals surface area contributed by atoms with Gasteiger partial charge in [-0.3, -0.25) is 4.98 Å². The Balaban J connectivity index is 1.59. The summed E-state index contributed by atoms with van der Waals surface area (Å²) in [5.41, 5.74) is 3.33. The number of aryl methyl sites for hydroxylation is 1. The van der Waals surface area contributed by atoms with Crippen LogP contribution >= 0.6 is 0 Å². The predicted molar refractivity (Wildman–Crippen MR) is 108 cm³/mol. The number of nitrogens with one attached hydrogen (secondary N) is 1. The molecule has 4 rings (SSSR count). The number of benzene rings is 1. The minimum atomic E-state index is -0.266. The zero-order chi connectivity index (χ0) is 19.0. The Hall–Kier alpha value is -1.94. The van der Waals surface area contributed by atoms with Gasteiger partial charge in [0.05, 0.1) is 23.4 Å². The van der Waals surface area contributed by atoms with E-state index in [-0.39, 0.29) is 5.97 Å². The Morgan fingerprint density at radius 2 is 2.11 bits per heavy atom. The van der Waals surface area contributed by atoms with Gasteiger partial charge in [-0.25, -0.2) is 4.79 Å². The number of esters is 1. The van der Waals surface area contributed by atoms with E-state index in [1.807, 2.05) is 38.1 Å². The molecular weight excluding hydrogens is 336 g/mol. The normalized spacial score (nSPS) is 25.1. The number of rotatable bonds is 6. The molecule has 0 aliphatic heterocycles. The highest BCUT2D eigenvalue weighted by Crippen LogP contribution is 2.49. The highest BCUT2D eigenvalue weighted by molar-refractivity contribution is 5.98. The maximum atomic E-state index is 12.6. The molecule has 2 aliphatic carbocycles. The summed E-state index contributed by atoms with van der Waals surface area (Å²) >= 11 is 0. The molecule has 2 aliphatic rings. The summed E-state index contributed by atoms with van der Waals surface area (Å²) in [6.45, 7) is 7.12. The van der Waals surface area contributed by atoms with Gasteiger partial charge < -0.3 is 10.1 Å². The Kier molecular flexibility index (Phi) is 5.18. The van der Waals surface area contributed by atoms with Crippen LogP contribution < -0.4 is 5.32 Å². The van der Waals surface area contributed by atoms with E-state index in [9.17, 15) is 4.79 Å². The summed E-state index contributed by atoms with van der Waals surface area (Å²) in [7, 11) is 0. The summed E-state index contributed by atoms with van der Waals surface area (Å²) in [4.78, 5) is 17.5. The fourth-order valence-corrected chi connectivity index (χ4v) is 5.36. The number of hydrogen-bond acceptors (Lipinski definition) is 4. The van der Waals surface area contributed by atoms with Crippen LogP contribution in [0.3, 0.4) is 0 Å². The van der Waals surface area contributed by atoms with E-state index in [0.717, 1.165) is 39.9 Å². The van der Waals surface area contributed by atoms with Crippen molar-refractivity contribution in [2.45, 2.75) is 59.0 Å². The van der Waals surface area contributed by atoms with E-state index >= 15 is 0 Å². The fraction of sp³-hybridized carbons (Fsp3) is 0.565. The van der Waals surface area contributed by atoms with Crippen molar-refractivity contribution in [1.29, 1.82) is 0 Å². The SMILES string of the molecule is CCOC(=O)c1c(CN[C@@H](C)[C@H]2C[C@H]3CC[C@H]2C3)nc2ccccc2c1C. The lowest BCUT2D eigenvalue weighted by Gasteiger charge is -2.29. The second-order valence-electron chi connectivity index (χ2n) is 8.30. The van der Waals surface area contributed by atoms with E-state index in [2.05, 4.69) is 12.2 Å². The minimum absolute atomic E-state index is 0.266. The number of carbonyl (C=O) groups is 1. The highest BCUT2D eigenvalue weighted by Gasteiger charge is 2.41. The van der Waals surface area contributed by atoms with E-state index in [1.165, 1.54) is 25.7 Å². The molecule has 1 aromatic heterocycles. The van der Waals surface area contributed by atoms with Gasteiger partial charge in [-0.1, -0.05) is 24.6 Å². The van der Waals surface area contributed by atoms with Gasteiger partial charge in [0.1, 0.15) is 0 Å². The Labute approximate surface area is 161 Å². The third kappa shape index (κ3) is 3.47. The molecule has 0 saturated heterocycles. The molecule has 27 heavy (non-hydrogen) atoms. The first-order chi connectivity index (χ1) is 13.1. The summed E-state index contributed by atoms with van der Waals surface area (Å²) in [6, 6.07) is 8.47. The van der Waals surface area contributed by atoms with Crippen molar-refractivity contribution < 1.29 is 9.53 Å². The van der Waals surface area contributed by atoms with Crippen molar-refractivity contribution in [3.8, 4) is 0 Å². The first kappa shape index (κ1) is 18.4. The van der Waals surface area contributed by atoms with Crippen LogP contribution in [0.1, 0.15) is 61.1 Å². The highest BCUT2D eigenvalue weighted by atomic mass is 16.5. The quantitative estimate of drug-likeness (QED) is 0.757. The first-order valence-electron chi connectivity index (χ1n) is 10.4. The van der Waals surface area contributed by atoms with Crippen LogP contribution in [0.15, 0.2) is 24.3 Å². The lowest BCUT2D eigenvalue weighted by Crippen LogP contribution is -2.36. The summed E-state index contributed by atoms with van der Waals surface area (Å²) in [5, 5.41) is 4.70. The standard InChI is InChI=1S/C23H30N2O2/c1-4-27-23(26)22-14(2)18-7-5-6-8-20(18)25-21(22)13-24-15(3)19-12-16-9-10-17(19)11-16/h5-8,15-17,19,24H,4,9-13H2,1-3H3/t15-,16-,17-,19+/m0/s1. The number of pyridine rings is 1. The predicted octanol–water partition coefficient (Wildman–Crippen LogP) is 4.63. The summed E-state index contributed by atoms with van der Waals surface area (Å²) < 4.78 is 5.34. The monoisotopic (exact) mass is 366 g/mol. The Bertz CT molecular complexity index is 848. The van der Waals surface area contributed by atoms with Crippen LogP contribution in [0.25, 0.3) is 10.9 Å². The molecule has 4 heteroatoms. The maximum absolute atomic E-state index is 12.6. The third-order valence-corrected chi connectivity index (χ3v) is 6.73. The Morgan fingerprint density at radius 1 is 1.30 bits per heavy atom. The molecule has 0 spiro atoms. The number of ether oxygens (including phenoxy) is 1. The molecule has 2 saturated carbocycles. The molecule has 1 heterocycles. The van der Waals surface area contributed by atoms with Gasteiger partial charge >= 0.3 is 5.97 Å². The molecule has 1 aromatic carbocycles.